The van der Waals surface area contributed by atoms with E-state index in [0.717, 1.165) is 11.1 Å². The van der Waals surface area contributed by atoms with Gasteiger partial charge in [0, 0.05) is 11.6 Å². The Morgan fingerprint density at radius 3 is 2.35 bits per heavy atom. The molecule has 0 aliphatic rings. The van der Waals surface area contributed by atoms with E-state index in [-0.39, 0.29) is 0 Å². The molecule has 0 radical (unpaired) electrons. The van der Waals surface area contributed by atoms with Crippen LogP contribution in [0, 0.1) is 0 Å². The Balaban J connectivity index is 2.27. The van der Waals surface area contributed by atoms with Crippen molar-refractivity contribution < 1.29 is 9.59 Å². The molecule has 5 nitrogen and oxygen atoms in total. The lowest BCUT2D eigenvalue weighted by atomic mass is 10.0. The first-order chi connectivity index (χ1) is 11.0. The minimum Gasteiger partial charge on any atom is -0.351 e. The molecule has 1 unspecified atom stereocenters. The third-order valence-electron chi connectivity index (χ3n) is 3.43. The molecule has 0 aromatic heterocycles. The smallest absolute Gasteiger partial charge is 0.318 e. The molecule has 0 fully saturated rings. The quantitative estimate of drug-likeness (QED) is 0.884. The van der Waals surface area contributed by atoms with Crippen molar-refractivity contribution in [2.24, 2.45) is 5.73 Å². The van der Waals surface area contributed by atoms with Gasteiger partial charge in [-0.05, 0) is 24.2 Å². The lowest BCUT2D eigenvalue weighted by Crippen LogP contribution is -2.43. The summed E-state index contributed by atoms with van der Waals surface area (Å²) < 4.78 is 0. The largest absolute Gasteiger partial charge is 0.351 e. The minimum absolute atomic E-state index is 0.450. The molecule has 1 atom stereocenters. The lowest BCUT2D eigenvalue weighted by Gasteiger charge is -2.27. The standard InChI is InChI=1S/C17H18ClN3O2/c1-21(11-13-9-5-6-10-14(13)18)15(16(22)20-17(19)23)12-7-3-2-4-8-12/h2-10,15H,11H2,1H3,(H3,19,20,22,23). The summed E-state index contributed by atoms with van der Waals surface area (Å²) in [5.74, 6) is -0.474. The van der Waals surface area contributed by atoms with E-state index in [2.05, 4.69) is 5.32 Å². The second-order valence-corrected chi connectivity index (χ2v) is 5.58. The van der Waals surface area contributed by atoms with Crippen molar-refractivity contribution in [3.63, 3.8) is 0 Å². The normalized spacial score (nSPS) is 12.0. The molecule has 6 heteroatoms. The summed E-state index contributed by atoms with van der Waals surface area (Å²) in [6.45, 7) is 0.450. The Morgan fingerprint density at radius 2 is 1.74 bits per heavy atom. The van der Waals surface area contributed by atoms with Crippen LogP contribution in [0.2, 0.25) is 5.02 Å². The number of hydrogen-bond acceptors (Lipinski definition) is 3. The summed E-state index contributed by atoms with van der Waals surface area (Å²) in [6.07, 6.45) is 0. The molecule has 2 rings (SSSR count). The number of nitrogens with zero attached hydrogens (tertiary/aromatic N) is 1. The molecular weight excluding hydrogens is 314 g/mol. The van der Waals surface area contributed by atoms with Crippen LogP contribution in [0.3, 0.4) is 0 Å². The fourth-order valence-electron chi connectivity index (χ4n) is 2.42. The van der Waals surface area contributed by atoms with Crippen LogP contribution in [-0.4, -0.2) is 23.9 Å². The van der Waals surface area contributed by atoms with Crippen LogP contribution in [0.15, 0.2) is 54.6 Å². The zero-order valence-electron chi connectivity index (χ0n) is 12.7. The van der Waals surface area contributed by atoms with Crippen molar-refractivity contribution in [1.29, 1.82) is 0 Å². The van der Waals surface area contributed by atoms with Gasteiger partial charge in [-0.15, -0.1) is 0 Å². The molecule has 0 saturated heterocycles. The Bertz CT molecular complexity index is 691. The van der Waals surface area contributed by atoms with Gasteiger partial charge in [-0.1, -0.05) is 60.1 Å². The van der Waals surface area contributed by atoms with Crippen LogP contribution >= 0.6 is 11.6 Å². The molecule has 0 spiro atoms. The van der Waals surface area contributed by atoms with Gasteiger partial charge in [-0.2, -0.15) is 0 Å². The van der Waals surface area contributed by atoms with E-state index in [1.54, 1.807) is 13.1 Å². The van der Waals surface area contributed by atoms with Gasteiger partial charge in [-0.25, -0.2) is 4.79 Å². The highest BCUT2D eigenvalue weighted by Crippen LogP contribution is 2.24. The summed E-state index contributed by atoms with van der Waals surface area (Å²) in [5.41, 5.74) is 6.73. The summed E-state index contributed by atoms with van der Waals surface area (Å²) in [4.78, 5) is 25.2. The molecule has 0 bridgehead atoms. The molecule has 0 aliphatic heterocycles. The Morgan fingerprint density at radius 1 is 1.13 bits per heavy atom. The van der Waals surface area contributed by atoms with E-state index in [9.17, 15) is 9.59 Å². The summed E-state index contributed by atoms with van der Waals surface area (Å²) in [7, 11) is 1.79. The van der Waals surface area contributed by atoms with Crippen molar-refractivity contribution in [2.75, 3.05) is 7.05 Å². The number of urea groups is 1. The number of primary amides is 1. The monoisotopic (exact) mass is 331 g/mol. The van der Waals surface area contributed by atoms with Gasteiger partial charge < -0.3 is 5.73 Å². The number of halogens is 1. The highest BCUT2D eigenvalue weighted by molar-refractivity contribution is 6.31. The summed E-state index contributed by atoms with van der Waals surface area (Å²) in [5, 5.41) is 2.77. The Hall–Kier alpha value is -2.37. The maximum atomic E-state index is 12.4. The van der Waals surface area contributed by atoms with Gasteiger partial charge in [0.15, 0.2) is 0 Å². The van der Waals surface area contributed by atoms with Gasteiger partial charge in [0.25, 0.3) is 0 Å². The van der Waals surface area contributed by atoms with E-state index >= 15 is 0 Å². The second kappa shape index (κ2) is 7.76. The van der Waals surface area contributed by atoms with Gasteiger partial charge in [0.05, 0.1) is 0 Å². The molecule has 0 saturated carbocycles. The molecule has 23 heavy (non-hydrogen) atoms. The average Bonchev–Trinajstić information content (AvgIpc) is 2.50. The predicted molar refractivity (Wildman–Crippen MR) is 89.8 cm³/mol. The van der Waals surface area contributed by atoms with Crippen molar-refractivity contribution in [2.45, 2.75) is 12.6 Å². The first-order valence-electron chi connectivity index (χ1n) is 7.08. The van der Waals surface area contributed by atoms with Gasteiger partial charge in [0.1, 0.15) is 6.04 Å². The number of nitrogens with one attached hydrogen (secondary N) is 1. The van der Waals surface area contributed by atoms with Crippen molar-refractivity contribution >= 4 is 23.5 Å². The molecule has 2 aromatic rings. The first-order valence-corrected chi connectivity index (χ1v) is 7.45. The van der Waals surface area contributed by atoms with Crippen molar-refractivity contribution in [1.82, 2.24) is 10.2 Å². The molecule has 3 amide bonds. The Kier molecular flexibility index (Phi) is 5.73. The van der Waals surface area contributed by atoms with Crippen LogP contribution in [0.25, 0.3) is 0 Å². The first kappa shape index (κ1) is 17.0. The van der Waals surface area contributed by atoms with E-state index < -0.39 is 18.0 Å². The van der Waals surface area contributed by atoms with E-state index in [1.165, 1.54) is 0 Å². The Labute approximate surface area is 140 Å². The molecular formula is C17H18ClN3O2. The zero-order valence-corrected chi connectivity index (χ0v) is 13.5. The maximum absolute atomic E-state index is 12.4. The topological polar surface area (TPSA) is 75.4 Å². The van der Waals surface area contributed by atoms with Gasteiger partial charge >= 0.3 is 6.03 Å². The molecule has 0 heterocycles. The average molecular weight is 332 g/mol. The predicted octanol–water partition coefficient (Wildman–Crippen LogP) is 2.71. The summed E-state index contributed by atoms with van der Waals surface area (Å²) in [6, 6.07) is 15.1. The fourth-order valence-corrected chi connectivity index (χ4v) is 2.61. The number of carbonyl (C=O) groups is 2. The minimum atomic E-state index is -0.873. The van der Waals surface area contributed by atoms with Gasteiger partial charge in [0.2, 0.25) is 5.91 Å². The van der Waals surface area contributed by atoms with Crippen molar-refractivity contribution in [3.05, 3.63) is 70.7 Å². The number of benzene rings is 2. The highest BCUT2D eigenvalue weighted by atomic mass is 35.5. The third-order valence-corrected chi connectivity index (χ3v) is 3.80. The SMILES string of the molecule is CN(Cc1ccccc1Cl)C(C(=O)NC(N)=O)c1ccccc1. The number of amides is 3. The third kappa shape index (κ3) is 4.55. The number of rotatable bonds is 5. The fraction of sp³-hybridized carbons (Fsp3) is 0.176. The van der Waals surface area contributed by atoms with Crippen molar-refractivity contribution in [3.8, 4) is 0 Å². The maximum Gasteiger partial charge on any atom is 0.318 e. The van der Waals surface area contributed by atoms with Gasteiger partial charge in [-0.3, -0.25) is 15.0 Å². The second-order valence-electron chi connectivity index (χ2n) is 5.17. The number of hydrogen-bond donors (Lipinski definition) is 2. The zero-order chi connectivity index (χ0) is 16.8. The lowest BCUT2D eigenvalue weighted by molar-refractivity contribution is -0.125. The van der Waals surface area contributed by atoms with Crippen LogP contribution in [0.5, 0.6) is 0 Å². The molecule has 3 N–H and O–H groups in total. The number of carbonyl (C=O) groups excluding carboxylic acids is 2. The molecule has 120 valence electrons. The number of imide groups is 1. The van der Waals surface area contributed by atoms with Crippen LogP contribution < -0.4 is 11.1 Å². The van der Waals surface area contributed by atoms with E-state index in [4.69, 9.17) is 17.3 Å². The number of nitrogens with two attached hydrogens (primary N) is 1. The van der Waals surface area contributed by atoms with E-state index in [0.29, 0.717) is 11.6 Å². The van der Waals surface area contributed by atoms with E-state index in [1.807, 2.05) is 53.4 Å². The van der Waals surface area contributed by atoms with Crippen LogP contribution in [0.4, 0.5) is 4.79 Å². The number of likely N-dealkylation sites (N-methyl/N-ethyl adjacent to an activating group) is 1. The highest BCUT2D eigenvalue weighted by Gasteiger charge is 2.26. The molecule has 0 aliphatic carbocycles. The van der Waals surface area contributed by atoms with Crippen LogP contribution in [-0.2, 0) is 11.3 Å². The van der Waals surface area contributed by atoms with Crippen LogP contribution in [0.1, 0.15) is 17.2 Å². The molecule has 2 aromatic carbocycles. The summed E-state index contributed by atoms with van der Waals surface area (Å²) >= 11 is 6.18.